The van der Waals surface area contributed by atoms with Crippen LogP contribution in [0.2, 0.25) is 0 Å². The molecule has 1 heterocycles. The van der Waals surface area contributed by atoms with Crippen molar-refractivity contribution >= 4 is 15.9 Å². The third-order valence-corrected chi connectivity index (χ3v) is 3.67. The van der Waals surface area contributed by atoms with E-state index in [0.717, 1.165) is 25.1 Å². The van der Waals surface area contributed by atoms with E-state index in [-0.39, 0.29) is 0 Å². The van der Waals surface area contributed by atoms with Crippen molar-refractivity contribution < 1.29 is 0 Å². The van der Waals surface area contributed by atoms with Gasteiger partial charge in [0.05, 0.1) is 7.05 Å². The Kier molecular flexibility index (Phi) is 4.51. The van der Waals surface area contributed by atoms with E-state index in [1.54, 1.807) is 7.05 Å². The van der Waals surface area contributed by atoms with Gasteiger partial charge in [-0.05, 0) is 24.0 Å². The van der Waals surface area contributed by atoms with Gasteiger partial charge in [0.15, 0.2) is 5.82 Å². The number of tetrazole rings is 1. The first-order valence-corrected chi connectivity index (χ1v) is 5.88. The fourth-order valence-corrected chi connectivity index (χ4v) is 1.54. The van der Waals surface area contributed by atoms with Gasteiger partial charge in [0, 0.05) is 11.2 Å². The number of rotatable bonds is 5. The van der Waals surface area contributed by atoms with Gasteiger partial charge in [-0.2, -0.15) is 4.80 Å². The molecule has 0 aliphatic heterocycles. The predicted octanol–water partition coefficient (Wildman–Crippen LogP) is 1.95. The zero-order chi connectivity index (χ0) is 10.6. The van der Waals surface area contributed by atoms with Crippen LogP contribution < -0.4 is 0 Å². The van der Waals surface area contributed by atoms with Crippen LogP contribution >= 0.6 is 15.9 Å². The Morgan fingerprint density at radius 2 is 2.14 bits per heavy atom. The highest BCUT2D eigenvalue weighted by Gasteiger charge is 2.09. The SMILES string of the molecule is CC(C)C(Br)CCCc1nnn(C)n1. The van der Waals surface area contributed by atoms with Crippen LogP contribution in [0.15, 0.2) is 0 Å². The molecule has 0 aliphatic carbocycles. The van der Waals surface area contributed by atoms with Gasteiger partial charge in [0.2, 0.25) is 0 Å². The maximum atomic E-state index is 4.13. The van der Waals surface area contributed by atoms with E-state index in [2.05, 4.69) is 45.2 Å². The monoisotopic (exact) mass is 260 g/mol. The van der Waals surface area contributed by atoms with Crippen molar-refractivity contribution in [2.24, 2.45) is 13.0 Å². The Morgan fingerprint density at radius 1 is 1.43 bits per heavy atom. The molecule has 1 rings (SSSR count). The summed E-state index contributed by atoms with van der Waals surface area (Å²) < 4.78 is 0. The summed E-state index contributed by atoms with van der Waals surface area (Å²) in [5.74, 6) is 1.53. The molecule has 0 saturated carbocycles. The standard InChI is InChI=1S/C9H17BrN4/c1-7(2)8(10)5-4-6-9-11-13-14(3)12-9/h7-8H,4-6H2,1-3H3. The smallest absolute Gasteiger partial charge is 0.167 e. The largest absolute Gasteiger partial charge is 0.174 e. The second-order valence-corrected chi connectivity index (χ2v) is 5.02. The summed E-state index contributed by atoms with van der Waals surface area (Å²) in [6.45, 7) is 4.44. The lowest BCUT2D eigenvalue weighted by Crippen LogP contribution is -2.07. The first-order valence-electron chi connectivity index (χ1n) is 4.96. The van der Waals surface area contributed by atoms with Crippen LogP contribution in [0.1, 0.15) is 32.5 Å². The van der Waals surface area contributed by atoms with Crippen LogP contribution in [0.4, 0.5) is 0 Å². The van der Waals surface area contributed by atoms with Crippen molar-refractivity contribution in [3.8, 4) is 0 Å². The highest BCUT2D eigenvalue weighted by Crippen LogP contribution is 2.18. The second-order valence-electron chi connectivity index (χ2n) is 3.85. The van der Waals surface area contributed by atoms with Crippen molar-refractivity contribution in [2.75, 3.05) is 0 Å². The molecular weight excluding hydrogens is 244 g/mol. The fraction of sp³-hybridized carbons (Fsp3) is 0.889. The van der Waals surface area contributed by atoms with Crippen LogP contribution in [-0.4, -0.2) is 25.0 Å². The van der Waals surface area contributed by atoms with Crippen molar-refractivity contribution in [1.82, 2.24) is 20.2 Å². The van der Waals surface area contributed by atoms with Crippen molar-refractivity contribution in [1.29, 1.82) is 0 Å². The van der Waals surface area contributed by atoms with E-state index >= 15 is 0 Å². The lowest BCUT2D eigenvalue weighted by atomic mass is 10.1. The highest BCUT2D eigenvalue weighted by atomic mass is 79.9. The van der Waals surface area contributed by atoms with Crippen molar-refractivity contribution in [3.63, 3.8) is 0 Å². The molecule has 0 radical (unpaired) electrons. The van der Waals surface area contributed by atoms with Crippen LogP contribution in [0.25, 0.3) is 0 Å². The lowest BCUT2D eigenvalue weighted by Gasteiger charge is -2.12. The number of aryl methyl sites for hydroxylation is 2. The van der Waals surface area contributed by atoms with E-state index in [0.29, 0.717) is 10.7 Å². The summed E-state index contributed by atoms with van der Waals surface area (Å²) in [4.78, 5) is 2.10. The van der Waals surface area contributed by atoms with Gasteiger partial charge in [-0.15, -0.1) is 10.2 Å². The lowest BCUT2D eigenvalue weighted by molar-refractivity contribution is 0.557. The molecule has 1 aromatic heterocycles. The normalized spacial score (nSPS) is 13.5. The van der Waals surface area contributed by atoms with Crippen LogP contribution in [0.5, 0.6) is 0 Å². The molecule has 1 atom stereocenters. The highest BCUT2D eigenvalue weighted by molar-refractivity contribution is 9.09. The van der Waals surface area contributed by atoms with Gasteiger partial charge in [-0.25, -0.2) is 0 Å². The van der Waals surface area contributed by atoms with Gasteiger partial charge in [-0.1, -0.05) is 29.8 Å². The molecule has 0 N–H and O–H groups in total. The molecule has 0 spiro atoms. The Hall–Kier alpha value is -0.450. The molecule has 80 valence electrons. The number of aromatic nitrogens is 4. The Balaban J connectivity index is 2.22. The first kappa shape index (κ1) is 11.6. The summed E-state index contributed by atoms with van der Waals surface area (Å²) in [6, 6.07) is 0. The molecule has 14 heavy (non-hydrogen) atoms. The van der Waals surface area contributed by atoms with E-state index in [4.69, 9.17) is 0 Å². The topological polar surface area (TPSA) is 43.6 Å². The number of hydrogen-bond donors (Lipinski definition) is 0. The third kappa shape index (κ3) is 3.74. The number of hydrogen-bond acceptors (Lipinski definition) is 3. The van der Waals surface area contributed by atoms with Crippen LogP contribution in [0, 0.1) is 5.92 Å². The molecule has 0 fully saturated rings. The summed E-state index contributed by atoms with van der Waals surface area (Å²) in [6.07, 6.45) is 3.19. The molecule has 1 aromatic rings. The van der Waals surface area contributed by atoms with E-state index in [1.807, 2.05) is 0 Å². The van der Waals surface area contributed by atoms with Crippen molar-refractivity contribution in [3.05, 3.63) is 5.82 Å². The molecule has 0 aliphatic rings. The number of halogens is 1. The van der Waals surface area contributed by atoms with E-state index < -0.39 is 0 Å². The quantitative estimate of drug-likeness (QED) is 0.761. The first-order chi connectivity index (χ1) is 6.59. The summed E-state index contributed by atoms with van der Waals surface area (Å²) in [7, 11) is 1.79. The number of alkyl halides is 1. The molecule has 0 amide bonds. The van der Waals surface area contributed by atoms with Crippen LogP contribution in [0.3, 0.4) is 0 Å². The maximum absolute atomic E-state index is 4.13. The van der Waals surface area contributed by atoms with E-state index in [9.17, 15) is 0 Å². The Morgan fingerprint density at radius 3 is 2.64 bits per heavy atom. The summed E-state index contributed by atoms with van der Waals surface area (Å²) in [5, 5.41) is 11.9. The molecule has 4 nitrogen and oxygen atoms in total. The fourth-order valence-electron chi connectivity index (χ4n) is 1.21. The van der Waals surface area contributed by atoms with Crippen LogP contribution in [-0.2, 0) is 13.5 Å². The van der Waals surface area contributed by atoms with Gasteiger partial charge < -0.3 is 0 Å². The van der Waals surface area contributed by atoms with Gasteiger partial charge in [0.1, 0.15) is 0 Å². The predicted molar refractivity (Wildman–Crippen MR) is 59.3 cm³/mol. The molecule has 0 bridgehead atoms. The zero-order valence-corrected chi connectivity index (χ0v) is 10.5. The second kappa shape index (κ2) is 5.44. The Bertz CT molecular complexity index is 272. The molecule has 0 saturated heterocycles. The molecular formula is C9H17BrN4. The maximum Gasteiger partial charge on any atom is 0.174 e. The average Bonchev–Trinajstić information content (AvgIpc) is 2.51. The van der Waals surface area contributed by atoms with Crippen molar-refractivity contribution in [2.45, 2.75) is 37.9 Å². The minimum Gasteiger partial charge on any atom is -0.167 e. The minimum absolute atomic E-state index is 0.596. The molecule has 5 heteroatoms. The Labute approximate surface area is 93.2 Å². The molecule has 1 unspecified atom stereocenters. The minimum atomic E-state index is 0.596. The molecule has 0 aromatic carbocycles. The summed E-state index contributed by atoms with van der Waals surface area (Å²) >= 11 is 3.66. The third-order valence-electron chi connectivity index (χ3n) is 2.15. The van der Waals surface area contributed by atoms with E-state index in [1.165, 1.54) is 4.80 Å². The van der Waals surface area contributed by atoms with Gasteiger partial charge in [0.25, 0.3) is 0 Å². The number of nitrogens with zero attached hydrogens (tertiary/aromatic N) is 4. The van der Waals surface area contributed by atoms with Gasteiger partial charge >= 0.3 is 0 Å². The average molecular weight is 261 g/mol. The van der Waals surface area contributed by atoms with Gasteiger partial charge in [-0.3, -0.25) is 0 Å². The summed E-state index contributed by atoms with van der Waals surface area (Å²) in [5.41, 5.74) is 0. The zero-order valence-electron chi connectivity index (χ0n) is 8.94.